The molecule has 1 aliphatic rings. The molecule has 0 saturated heterocycles. The smallest absolute Gasteiger partial charge is 0.306 e. The molecule has 1 fully saturated rings. The summed E-state index contributed by atoms with van der Waals surface area (Å²) in [5.41, 5.74) is 1.13. The maximum atomic E-state index is 12.8. The lowest BCUT2D eigenvalue weighted by molar-refractivity contribution is -0.384. The van der Waals surface area contributed by atoms with E-state index in [1.54, 1.807) is 24.3 Å². The average molecular weight is 378 g/mol. The van der Waals surface area contributed by atoms with E-state index in [9.17, 15) is 23.3 Å². The highest BCUT2D eigenvalue weighted by atomic mass is 19.4. The van der Waals surface area contributed by atoms with Gasteiger partial charge in [-0.05, 0) is 42.0 Å². The molecule has 7 heteroatoms. The van der Waals surface area contributed by atoms with Crippen molar-refractivity contribution in [3.8, 4) is 0 Å². The van der Waals surface area contributed by atoms with Crippen LogP contribution in [0, 0.1) is 16.0 Å². The molecule has 1 unspecified atom stereocenters. The Morgan fingerprint density at radius 3 is 2.15 bits per heavy atom. The van der Waals surface area contributed by atoms with Gasteiger partial charge < -0.3 is 5.32 Å². The first-order valence-electron chi connectivity index (χ1n) is 8.98. The molecular formula is C20H21F3N2O2. The number of hydrogen-bond donors (Lipinski definition) is 1. The van der Waals surface area contributed by atoms with Crippen molar-refractivity contribution in [2.45, 2.75) is 44.4 Å². The molecule has 1 saturated carbocycles. The van der Waals surface area contributed by atoms with Gasteiger partial charge >= 0.3 is 6.18 Å². The fraction of sp³-hybridized carbons (Fsp3) is 0.400. The van der Waals surface area contributed by atoms with Gasteiger partial charge in [-0.2, -0.15) is 13.2 Å². The molecular weight excluding hydrogens is 357 g/mol. The monoisotopic (exact) mass is 378 g/mol. The molecule has 1 aliphatic carbocycles. The molecule has 2 aromatic carbocycles. The number of nitrogens with one attached hydrogen (secondary N) is 1. The van der Waals surface area contributed by atoms with Crippen LogP contribution < -0.4 is 5.32 Å². The lowest BCUT2D eigenvalue weighted by Gasteiger charge is -2.26. The van der Waals surface area contributed by atoms with Crippen LogP contribution in [-0.2, 0) is 12.7 Å². The van der Waals surface area contributed by atoms with Gasteiger partial charge in [0.15, 0.2) is 0 Å². The first-order valence-corrected chi connectivity index (χ1v) is 8.98. The van der Waals surface area contributed by atoms with E-state index in [4.69, 9.17) is 0 Å². The number of rotatable bonds is 6. The van der Waals surface area contributed by atoms with Gasteiger partial charge in [-0.15, -0.1) is 0 Å². The normalized spacial score (nSPS) is 16.4. The van der Waals surface area contributed by atoms with Gasteiger partial charge in [0.05, 0.1) is 10.5 Å². The van der Waals surface area contributed by atoms with Crippen LogP contribution in [0.15, 0.2) is 48.5 Å². The van der Waals surface area contributed by atoms with Crippen LogP contribution in [0.1, 0.15) is 48.4 Å². The van der Waals surface area contributed by atoms with Crippen LogP contribution >= 0.6 is 0 Å². The van der Waals surface area contributed by atoms with Gasteiger partial charge in [0.2, 0.25) is 0 Å². The van der Waals surface area contributed by atoms with Crippen molar-refractivity contribution >= 4 is 5.69 Å². The highest BCUT2D eigenvalue weighted by Crippen LogP contribution is 2.37. The number of alkyl halides is 3. The van der Waals surface area contributed by atoms with Crippen molar-refractivity contribution in [1.29, 1.82) is 0 Å². The molecule has 1 atom stereocenters. The van der Waals surface area contributed by atoms with Crippen LogP contribution in [0.5, 0.6) is 0 Å². The Morgan fingerprint density at radius 2 is 1.63 bits per heavy atom. The topological polar surface area (TPSA) is 55.2 Å². The van der Waals surface area contributed by atoms with Gasteiger partial charge in [0.25, 0.3) is 5.69 Å². The number of benzene rings is 2. The number of nitrogens with zero attached hydrogens (tertiary/aromatic N) is 1. The summed E-state index contributed by atoms with van der Waals surface area (Å²) < 4.78 is 38.5. The Bertz CT molecular complexity index is 767. The second kappa shape index (κ2) is 8.08. The molecule has 4 nitrogen and oxygen atoms in total. The number of halogens is 3. The standard InChI is InChI=1S/C20H21F3N2O2/c21-20(22,23)17-9-7-16(8-10-17)19(15-3-1-2-4-15)24-13-14-5-11-18(12-6-14)25(26)27/h5-12,15,19,24H,1-4,13H2. The zero-order valence-corrected chi connectivity index (χ0v) is 14.7. The summed E-state index contributed by atoms with van der Waals surface area (Å²) in [5, 5.41) is 14.2. The molecule has 0 radical (unpaired) electrons. The van der Waals surface area contributed by atoms with Crippen LogP contribution in [0.2, 0.25) is 0 Å². The number of nitro groups is 1. The van der Waals surface area contributed by atoms with Crippen molar-refractivity contribution < 1.29 is 18.1 Å². The largest absolute Gasteiger partial charge is 0.416 e. The van der Waals surface area contributed by atoms with E-state index >= 15 is 0 Å². The van der Waals surface area contributed by atoms with E-state index in [1.807, 2.05) is 0 Å². The number of hydrogen-bond acceptors (Lipinski definition) is 3. The molecule has 27 heavy (non-hydrogen) atoms. The zero-order chi connectivity index (χ0) is 19.4. The molecule has 1 N–H and O–H groups in total. The van der Waals surface area contributed by atoms with E-state index in [1.165, 1.54) is 12.1 Å². The molecule has 0 amide bonds. The van der Waals surface area contributed by atoms with Crippen LogP contribution in [0.4, 0.5) is 18.9 Å². The first-order chi connectivity index (χ1) is 12.8. The van der Waals surface area contributed by atoms with Crippen molar-refractivity contribution in [2.24, 2.45) is 5.92 Å². The minimum absolute atomic E-state index is 0.0360. The lowest BCUT2D eigenvalue weighted by Crippen LogP contribution is -2.27. The minimum Gasteiger partial charge on any atom is -0.306 e. The van der Waals surface area contributed by atoms with Crippen molar-refractivity contribution in [3.63, 3.8) is 0 Å². The number of nitro benzene ring substituents is 1. The molecule has 2 aromatic rings. The third-order valence-corrected chi connectivity index (χ3v) is 5.14. The van der Waals surface area contributed by atoms with Gasteiger partial charge in [-0.25, -0.2) is 0 Å². The summed E-state index contributed by atoms with van der Waals surface area (Å²) in [7, 11) is 0. The Morgan fingerprint density at radius 1 is 1.04 bits per heavy atom. The van der Waals surface area contributed by atoms with Crippen LogP contribution in [-0.4, -0.2) is 4.92 Å². The summed E-state index contributed by atoms with van der Waals surface area (Å²) in [4.78, 5) is 10.3. The molecule has 0 aliphatic heterocycles. The van der Waals surface area contributed by atoms with Gasteiger partial charge in [0, 0.05) is 24.7 Å². The van der Waals surface area contributed by atoms with Crippen LogP contribution in [0.3, 0.4) is 0 Å². The highest BCUT2D eigenvalue weighted by Gasteiger charge is 2.31. The number of non-ortho nitro benzene ring substituents is 1. The van der Waals surface area contributed by atoms with Crippen molar-refractivity contribution in [1.82, 2.24) is 5.32 Å². The maximum absolute atomic E-state index is 12.8. The van der Waals surface area contributed by atoms with E-state index in [2.05, 4.69) is 5.32 Å². The second-order valence-electron chi connectivity index (χ2n) is 6.95. The Balaban J connectivity index is 1.74. The summed E-state index contributed by atoms with van der Waals surface area (Å²) in [6, 6.07) is 11.6. The van der Waals surface area contributed by atoms with Gasteiger partial charge in [-0.1, -0.05) is 37.1 Å². The molecule has 144 valence electrons. The summed E-state index contributed by atoms with van der Waals surface area (Å²) in [6.45, 7) is 0.500. The van der Waals surface area contributed by atoms with Crippen LogP contribution in [0.25, 0.3) is 0 Å². The molecule has 0 bridgehead atoms. The predicted octanol–water partition coefficient (Wildman–Crippen LogP) is 5.63. The second-order valence-corrected chi connectivity index (χ2v) is 6.95. The fourth-order valence-corrected chi connectivity index (χ4v) is 3.69. The molecule has 0 heterocycles. The van der Waals surface area contributed by atoms with E-state index in [0.29, 0.717) is 12.5 Å². The Hall–Kier alpha value is -2.41. The highest BCUT2D eigenvalue weighted by molar-refractivity contribution is 5.33. The quantitative estimate of drug-likeness (QED) is 0.523. The lowest BCUT2D eigenvalue weighted by atomic mass is 9.91. The maximum Gasteiger partial charge on any atom is 0.416 e. The minimum atomic E-state index is -4.34. The third-order valence-electron chi connectivity index (χ3n) is 5.14. The Labute approximate surface area is 155 Å². The Kier molecular flexibility index (Phi) is 5.79. The van der Waals surface area contributed by atoms with E-state index in [-0.39, 0.29) is 11.7 Å². The molecule has 0 spiro atoms. The third kappa shape index (κ3) is 4.86. The molecule has 3 rings (SSSR count). The fourth-order valence-electron chi connectivity index (χ4n) is 3.69. The molecule has 0 aromatic heterocycles. The summed E-state index contributed by atoms with van der Waals surface area (Å²) in [6.07, 6.45) is -0.00645. The van der Waals surface area contributed by atoms with Gasteiger partial charge in [-0.3, -0.25) is 10.1 Å². The van der Waals surface area contributed by atoms with Crippen molar-refractivity contribution in [3.05, 3.63) is 75.3 Å². The van der Waals surface area contributed by atoms with E-state index in [0.717, 1.165) is 48.9 Å². The van der Waals surface area contributed by atoms with E-state index < -0.39 is 16.7 Å². The van der Waals surface area contributed by atoms with Gasteiger partial charge in [0.1, 0.15) is 0 Å². The summed E-state index contributed by atoms with van der Waals surface area (Å²) >= 11 is 0. The summed E-state index contributed by atoms with van der Waals surface area (Å²) in [5.74, 6) is 0.375. The average Bonchev–Trinajstić information content (AvgIpc) is 3.16. The zero-order valence-electron chi connectivity index (χ0n) is 14.7. The predicted molar refractivity (Wildman–Crippen MR) is 96.1 cm³/mol. The first kappa shape index (κ1) is 19.4. The van der Waals surface area contributed by atoms with Crippen molar-refractivity contribution in [2.75, 3.05) is 0 Å². The SMILES string of the molecule is O=[N+]([O-])c1ccc(CNC(c2ccc(C(F)(F)F)cc2)C2CCCC2)cc1.